The van der Waals surface area contributed by atoms with E-state index in [4.69, 9.17) is 5.11 Å². The first-order chi connectivity index (χ1) is 7.40. The van der Waals surface area contributed by atoms with Gasteiger partial charge < -0.3 is 14.9 Å². The zero-order valence-electron chi connectivity index (χ0n) is 9.43. The second-order valence-corrected chi connectivity index (χ2v) is 3.01. The molecule has 0 amide bonds. The lowest BCUT2D eigenvalue weighted by Crippen LogP contribution is -2.16. The van der Waals surface area contributed by atoms with Gasteiger partial charge in [-0.15, -0.1) is 0 Å². The van der Waals surface area contributed by atoms with Crippen molar-refractivity contribution in [3.63, 3.8) is 0 Å². The fourth-order valence-corrected chi connectivity index (χ4v) is 0.753. The summed E-state index contributed by atoms with van der Waals surface area (Å²) in [7, 11) is 0. The monoisotopic (exact) mass is 229 g/mol. The van der Waals surface area contributed by atoms with E-state index in [1.54, 1.807) is 6.92 Å². The van der Waals surface area contributed by atoms with E-state index in [1.807, 2.05) is 0 Å². The number of carbonyl (C=O) groups is 2. The third-order valence-electron chi connectivity index (χ3n) is 1.67. The average Bonchev–Trinajstić information content (AvgIpc) is 2.17. The summed E-state index contributed by atoms with van der Waals surface area (Å²) in [6.45, 7) is 4.44. The molecule has 0 aromatic carbocycles. The van der Waals surface area contributed by atoms with Gasteiger partial charge in [-0.3, -0.25) is 4.99 Å². The lowest BCUT2D eigenvalue weighted by atomic mass is 10.2. The number of carboxylic acids is 1. The first-order valence-corrected chi connectivity index (χ1v) is 4.73. The molecule has 0 spiro atoms. The van der Waals surface area contributed by atoms with E-state index in [0.717, 1.165) is 6.21 Å². The second-order valence-electron chi connectivity index (χ2n) is 3.01. The molecule has 0 aliphatic rings. The van der Waals surface area contributed by atoms with Crippen molar-refractivity contribution >= 4 is 18.2 Å². The van der Waals surface area contributed by atoms with Gasteiger partial charge >= 0.3 is 11.9 Å². The number of esters is 1. The van der Waals surface area contributed by atoms with Crippen LogP contribution in [-0.4, -0.2) is 41.0 Å². The molecule has 1 unspecified atom stereocenters. The van der Waals surface area contributed by atoms with Gasteiger partial charge in [0.05, 0.1) is 6.61 Å². The zero-order chi connectivity index (χ0) is 12.7. The van der Waals surface area contributed by atoms with Crippen LogP contribution in [0.3, 0.4) is 0 Å². The quantitative estimate of drug-likeness (QED) is 0.316. The number of rotatable bonds is 5. The van der Waals surface area contributed by atoms with Gasteiger partial charge in [-0.05, 0) is 20.8 Å². The summed E-state index contributed by atoms with van der Waals surface area (Å²) in [6, 6.07) is -0.983. The molecule has 6 heteroatoms. The Labute approximate surface area is 93.3 Å². The second kappa shape index (κ2) is 6.60. The van der Waals surface area contributed by atoms with E-state index in [0.29, 0.717) is 0 Å². The molecular formula is C10H15NO5. The molecule has 0 aromatic rings. The van der Waals surface area contributed by atoms with E-state index >= 15 is 0 Å². The molecule has 0 aliphatic heterocycles. The van der Waals surface area contributed by atoms with E-state index in [-0.39, 0.29) is 17.9 Å². The third kappa shape index (κ3) is 4.59. The highest BCUT2D eigenvalue weighted by molar-refractivity contribution is 6.10. The predicted molar refractivity (Wildman–Crippen MR) is 57.6 cm³/mol. The van der Waals surface area contributed by atoms with Crippen LogP contribution in [0.2, 0.25) is 0 Å². The minimum absolute atomic E-state index is 0.144. The molecule has 6 nitrogen and oxygen atoms in total. The standard InChI is InChI=1S/C10H15NO5/c1-4-16-10(15)8(7(3)12)5-11-6(2)9(13)14/h5-6,12H,4H2,1-3H3,(H,13,14)/b8-7+,11-5?. The topological polar surface area (TPSA) is 96.2 Å². The van der Waals surface area contributed by atoms with Crippen LogP contribution < -0.4 is 0 Å². The molecule has 0 saturated heterocycles. The molecule has 0 saturated carbocycles. The Morgan fingerprint density at radius 2 is 2.00 bits per heavy atom. The zero-order valence-corrected chi connectivity index (χ0v) is 9.43. The summed E-state index contributed by atoms with van der Waals surface area (Å²) in [5, 5.41) is 17.8. The number of nitrogens with zero attached hydrogens (tertiary/aromatic N) is 1. The number of carboxylic acid groups (broad SMARTS) is 1. The van der Waals surface area contributed by atoms with Crippen molar-refractivity contribution in [2.45, 2.75) is 26.8 Å². The van der Waals surface area contributed by atoms with Gasteiger partial charge in [0.1, 0.15) is 17.4 Å². The van der Waals surface area contributed by atoms with Crippen molar-refractivity contribution in [2.75, 3.05) is 6.61 Å². The van der Waals surface area contributed by atoms with Crippen molar-refractivity contribution in [3.05, 3.63) is 11.3 Å². The molecule has 0 bridgehead atoms. The maximum Gasteiger partial charge on any atom is 0.343 e. The Kier molecular flexibility index (Phi) is 5.84. The summed E-state index contributed by atoms with van der Waals surface area (Å²) in [4.78, 5) is 25.4. The first-order valence-electron chi connectivity index (χ1n) is 4.73. The molecule has 0 radical (unpaired) electrons. The predicted octanol–water partition coefficient (Wildman–Crippen LogP) is 0.925. The largest absolute Gasteiger partial charge is 0.512 e. The van der Waals surface area contributed by atoms with Crippen molar-refractivity contribution in [3.8, 4) is 0 Å². The molecule has 90 valence electrons. The van der Waals surface area contributed by atoms with Gasteiger partial charge in [0, 0.05) is 6.21 Å². The van der Waals surface area contributed by atoms with Crippen molar-refractivity contribution in [1.29, 1.82) is 0 Å². The average molecular weight is 229 g/mol. The van der Waals surface area contributed by atoms with E-state index < -0.39 is 18.0 Å². The first kappa shape index (κ1) is 14.2. The molecule has 0 aromatic heterocycles. The molecule has 0 heterocycles. The van der Waals surface area contributed by atoms with E-state index in [1.165, 1.54) is 13.8 Å². The molecule has 1 atom stereocenters. The Hall–Kier alpha value is -1.85. The van der Waals surface area contributed by atoms with Crippen LogP contribution in [-0.2, 0) is 14.3 Å². The summed E-state index contributed by atoms with van der Waals surface area (Å²) >= 11 is 0. The molecule has 0 aliphatic carbocycles. The summed E-state index contributed by atoms with van der Waals surface area (Å²) in [5.74, 6) is -2.11. The lowest BCUT2D eigenvalue weighted by Gasteiger charge is -2.04. The van der Waals surface area contributed by atoms with Gasteiger partial charge in [0.15, 0.2) is 0 Å². The summed E-state index contributed by atoms with van der Waals surface area (Å²) < 4.78 is 4.66. The maximum absolute atomic E-state index is 11.3. The number of carbonyl (C=O) groups excluding carboxylic acids is 1. The number of aliphatic hydroxyl groups excluding tert-OH is 1. The van der Waals surface area contributed by atoms with Crippen molar-refractivity contribution in [2.24, 2.45) is 4.99 Å². The number of ether oxygens (including phenoxy) is 1. The van der Waals surface area contributed by atoms with Crippen LogP contribution in [0.4, 0.5) is 0 Å². The highest BCUT2D eigenvalue weighted by Crippen LogP contribution is 2.02. The van der Waals surface area contributed by atoms with Crippen LogP contribution in [0.15, 0.2) is 16.3 Å². The fraction of sp³-hybridized carbons (Fsp3) is 0.500. The smallest absolute Gasteiger partial charge is 0.343 e. The van der Waals surface area contributed by atoms with Crippen LogP contribution in [0.5, 0.6) is 0 Å². The van der Waals surface area contributed by atoms with Crippen molar-refractivity contribution in [1.82, 2.24) is 0 Å². The Morgan fingerprint density at radius 1 is 1.44 bits per heavy atom. The van der Waals surface area contributed by atoms with Crippen LogP contribution >= 0.6 is 0 Å². The van der Waals surface area contributed by atoms with Gasteiger partial charge in [-0.25, -0.2) is 9.59 Å². The van der Waals surface area contributed by atoms with E-state index in [2.05, 4.69) is 9.73 Å². The lowest BCUT2D eigenvalue weighted by molar-refractivity contribution is -0.139. The van der Waals surface area contributed by atoms with Gasteiger partial charge in [-0.1, -0.05) is 0 Å². The Balaban J connectivity index is 4.80. The van der Waals surface area contributed by atoms with Crippen LogP contribution in [0, 0.1) is 0 Å². The highest BCUT2D eigenvalue weighted by Gasteiger charge is 2.13. The minimum atomic E-state index is -1.12. The molecule has 0 fully saturated rings. The molecule has 0 rings (SSSR count). The number of allylic oxidation sites excluding steroid dienone is 1. The molecule has 16 heavy (non-hydrogen) atoms. The normalized spacial score (nSPS) is 14.4. The Morgan fingerprint density at radius 3 is 2.38 bits per heavy atom. The van der Waals surface area contributed by atoms with Gasteiger partial charge in [-0.2, -0.15) is 0 Å². The van der Waals surface area contributed by atoms with Crippen molar-refractivity contribution < 1.29 is 24.5 Å². The highest BCUT2D eigenvalue weighted by atomic mass is 16.5. The van der Waals surface area contributed by atoms with Crippen LogP contribution in [0.1, 0.15) is 20.8 Å². The minimum Gasteiger partial charge on any atom is -0.512 e. The number of hydrogen-bond donors (Lipinski definition) is 2. The number of aliphatic carboxylic acids is 1. The molecule has 2 N–H and O–H groups in total. The number of hydrogen-bond acceptors (Lipinski definition) is 5. The van der Waals surface area contributed by atoms with E-state index in [9.17, 15) is 14.7 Å². The number of aliphatic imine (C=N–C) groups is 1. The SMILES string of the molecule is CCOC(=O)/C(C=NC(C)C(=O)O)=C(\C)O. The number of aliphatic hydroxyl groups is 1. The summed E-state index contributed by atoms with van der Waals surface area (Å²) in [6.07, 6.45) is 1.01. The van der Waals surface area contributed by atoms with Gasteiger partial charge in [0.25, 0.3) is 0 Å². The third-order valence-corrected chi connectivity index (χ3v) is 1.67. The summed E-state index contributed by atoms with van der Waals surface area (Å²) in [5.41, 5.74) is -0.144. The Bertz CT molecular complexity index is 328. The maximum atomic E-state index is 11.3. The fourth-order valence-electron chi connectivity index (χ4n) is 0.753. The molecular weight excluding hydrogens is 214 g/mol. The van der Waals surface area contributed by atoms with Gasteiger partial charge in [0.2, 0.25) is 0 Å². The van der Waals surface area contributed by atoms with Crippen LogP contribution in [0.25, 0.3) is 0 Å².